The molecular weight excluding hydrogens is 309 g/mol. The second-order valence-corrected chi connectivity index (χ2v) is 5.81. The van der Waals surface area contributed by atoms with E-state index in [0.29, 0.717) is 0 Å². The lowest BCUT2D eigenvalue weighted by atomic mass is 9.98. The molecule has 0 aliphatic heterocycles. The summed E-state index contributed by atoms with van der Waals surface area (Å²) in [5.74, 6) is -1.86. The SMILES string of the molecule is CCc1ccc(-c2ccc(-c3cc(F)c(C)c(F)c3)c(F)c2)cc1. The molecule has 0 aliphatic rings. The Balaban J connectivity index is 2.00. The van der Waals surface area contributed by atoms with Gasteiger partial charge in [0.1, 0.15) is 17.5 Å². The van der Waals surface area contributed by atoms with Crippen molar-refractivity contribution >= 4 is 0 Å². The van der Waals surface area contributed by atoms with Crippen LogP contribution in [0.2, 0.25) is 0 Å². The summed E-state index contributed by atoms with van der Waals surface area (Å²) in [6.45, 7) is 3.43. The molecule has 24 heavy (non-hydrogen) atoms. The maximum absolute atomic E-state index is 14.5. The van der Waals surface area contributed by atoms with E-state index in [4.69, 9.17) is 0 Å². The number of benzene rings is 3. The normalized spacial score (nSPS) is 10.9. The van der Waals surface area contributed by atoms with Crippen LogP contribution < -0.4 is 0 Å². The standard InChI is InChI=1S/C21H17F3/c1-3-14-4-6-15(7-5-14)16-8-9-18(21(24)10-16)17-11-19(22)13(2)20(23)12-17/h4-12H,3H2,1-2H3. The Morgan fingerprint density at radius 1 is 0.667 bits per heavy atom. The smallest absolute Gasteiger partial charge is 0.131 e. The van der Waals surface area contributed by atoms with Crippen molar-refractivity contribution in [3.05, 3.63) is 83.2 Å². The van der Waals surface area contributed by atoms with Crippen LogP contribution >= 0.6 is 0 Å². The fraction of sp³-hybridized carbons (Fsp3) is 0.143. The van der Waals surface area contributed by atoms with Crippen LogP contribution in [0, 0.1) is 24.4 Å². The van der Waals surface area contributed by atoms with Crippen LogP contribution in [-0.2, 0) is 6.42 Å². The van der Waals surface area contributed by atoms with Crippen molar-refractivity contribution in [1.29, 1.82) is 0 Å². The lowest BCUT2D eigenvalue weighted by Crippen LogP contribution is -1.93. The molecule has 0 nitrogen and oxygen atoms in total. The van der Waals surface area contributed by atoms with Gasteiger partial charge in [0, 0.05) is 11.1 Å². The fourth-order valence-corrected chi connectivity index (χ4v) is 2.66. The molecule has 0 spiro atoms. The summed E-state index contributed by atoms with van der Waals surface area (Å²) < 4.78 is 41.9. The van der Waals surface area contributed by atoms with Gasteiger partial charge >= 0.3 is 0 Å². The van der Waals surface area contributed by atoms with Crippen molar-refractivity contribution < 1.29 is 13.2 Å². The highest BCUT2D eigenvalue weighted by atomic mass is 19.1. The summed E-state index contributed by atoms with van der Waals surface area (Å²) in [6, 6.07) is 14.9. The Bertz CT molecular complexity index is 857. The Morgan fingerprint density at radius 2 is 1.21 bits per heavy atom. The number of hydrogen-bond acceptors (Lipinski definition) is 0. The molecule has 0 radical (unpaired) electrons. The molecule has 0 amide bonds. The van der Waals surface area contributed by atoms with Crippen LogP contribution in [0.5, 0.6) is 0 Å². The molecule has 0 N–H and O–H groups in total. The highest BCUT2D eigenvalue weighted by Gasteiger charge is 2.12. The van der Waals surface area contributed by atoms with Gasteiger partial charge in [-0.1, -0.05) is 43.3 Å². The molecule has 0 saturated carbocycles. The van der Waals surface area contributed by atoms with Gasteiger partial charge in [0.25, 0.3) is 0 Å². The molecule has 3 heteroatoms. The average molecular weight is 326 g/mol. The fourth-order valence-electron chi connectivity index (χ4n) is 2.66. The summed E-state index contributed by atoms with van der Waals surface area (Å²) in [5.41, 5.74) is 3.15. The number of hydrogen-bond donors (Lipinski definition) is 0. The minimum absolute atomic E-state index is 0.0632. The molecule has 3 aromatic carbocycles. The van der Waals surface area contributed by atoms with Gasteiger partial charge in [0.15, 0.2) is 0 Å². The second kappa shape index (κ2) is 6.52. The van der Waals surface area contributed by atoms with Gasteiger partial charge in [-0.3, -0.25) is 0 Å². The van der Waals surface area contributed by atoms with E-state index in [2.05, 4.69) is 6.92 Å². The maximum atomic E-state index is 14.5. The molecular formula is C21H17F3. The molecule has 0 atom stereocenters. The van der Waals surface area contributed by atoms with Gasteiger partial charge in [-0.05, 0) is 53.8 Å². The zero-order chi connectivity index (χ0) is 17.3. The first-order chi connectivity index (χ1) is 11.5. The predicted molar refractivity (Wildman–Crippen MR) is 91.3 cm³/mol. The molecule has 3 rings (SSSR count). The largest absolute Gasteiger partial charge is 0.207 e. The first kappa shape index (κ1) is 16.3. The number of aryl methyl sites for hydroxylation is 1. The Labute approximate surface area is 139 Å². The van der Waals surface area contributed by atoms with Gasteiger partial charge in [-0.25, -0.2) is 13.2 Å². The van der Waals surface area contributed by atoms with Crippen molar-refractivity contribution in [2.75, 3.05) is 0 Å². The van der Waals surface area contributed by atoms with Crippen molar-refractivity contribution in [2.24, 2.45) is 0 Å². The van der Waals surface area contributed by atoms with Crippen molar-refractivity contribution in [3.63, 3.8) is 0 Å². The Morgan fingerprint density at radius 3 is 1.75 bits per heavy atom. The molecule has 0 aromatic heterocycles. The van der Waals surface area contributed by atoms with Gasteiger partial charge in [0.2, 0.25) is 0 Å². The zero-order valence-electron chi connectivity index (χ0n) is 13.5. The molecule has 0 fully saturated rings. The minimum Gasteiger partial charge on any atom is -0.207 e. The van der Waals surface area contributed by atoms with E-state index in [1.807, 2.05) is 24.3 Å². The van der Waals surface area contributed by atoms with Crippen molar-refractivity contribution in [2.45, 2.75) is 20.3 Å². The van der Waals surface area contributed by atoms with Gasteiger partial charge in [-0.2, -0.15) is 0 Å². The zero-order valence-corrected chi connectivity index (χ0v) is 13.5. The predicted octanol–water partition coefficient (Wildman–Crippen LogP) is 6.31. The highest BCUT2D eigenvalue weighted by molar-refractivity contribution is 5.71. The first-order valence-electron chi connectivity index (χ1n) is 7.84. The molecule has 0 saturated heterocycles. The lowest BCUT2D eigenvalue weighted by molar-refractivity contribution is 0.568. The molecule has 0 heterocycles. The third-order valence-electron chi connectivity index (χ3n) is 4.26. The summed E-state index contributed by atoms with van der Waals surface area (Å²) >= 11 is 0. The van der Waals surface area contributed by atoms with Crippen LogP contribution in [0.1, 0.15) is 18.1 Å². The average Bonchev–Trinajstić information content (AvgIpc) is 2.59. The second-order valence-electron chi connectivity index (χ2n) is 5.81. The Hall–Kier alpha value is -2.55. The summed E-state index contributed by atoms with van der Waals surface area (Å²) in [7, 11) is 0. The molecule has 122 valence electrons. The third-order valence-corrected chi connectivity index (χ3v) is 4.26. The van der Waals surface area contributed by atoms with E-state index >= 15 is 0 Å². The highest BCUT2D eigenvalue weighted by Crippen LogP contribution is 2.30. The monoisotopic (exact) mass is 326 g/mol. The maximum Gasteiger partial charge on any atom is 0.131 e. The van der Waals surface area contributed by atoms with E-state index in [-0.39, 0.29) is 16.7 Å². The molecule has 0 aliphatic carbocycles. The van der Waals surface area contributed by atoms with Crippen molar-refractivity contribution in [1.82, 2.24) is 0 Å². The van der Waals surface area contributed by atoms with Crippen LogP contribution in [0.4, 0.5) is 13.2 Å². The summed E-state index contributed by atoms with van der Waals surface area (Å²) in [6.07, 6.45) is 0.943. The Kier molecular flexibility index (Phi) is 4.43. The van der Waals surface area contributed by atoms with E-state index in [0.717, 1.165) is 29.7 Å². The molecule has 0 unspecified atom stereocenters. The number of halogens is 3. The molecule has 3 aromatic rings. The number of rotatable bonds is 3. The summed E-state index contributed by atoms with van der Waals surface area (Å²) in [5, 5.41) is 0. The van der Waals surface area contributed by atoms with Crippen LogP contribution in [0.25, 0.3) is 22.3 Å². The summed E-state index contributed by atoms with van der Waals surface area (Å²) in [4.78, 5) is 0. The van der Waals surface area contributed by atoms with E-state index in [9.17, 15) is 13.2 Å². The first-order valence-corrected chi connectivity index (χ1v) is 7.84. The quantitative estimate of drug-likeness (QED) is 0.529. The topological polar surface area (TPSA) is 0 Å². The molecule has 0 bridgehead atoms. The van der Waals surface area contributed by atoms with Gasteiger partial charge in [0.05, 0.1) is 0 Å². The van der Waals surface area contributed by atoms with Crippen LogP contribution in [-0.4, -0.2) is 0 Å². The third kappa shape index (κ3) is 3.07. The van der Waals surface area contributed by atoms with E-state index in [1.165, 1.54) is 18.6 Å². The minimum atomic E-state index is -0.677. The lowest BCUT2D eigenvalue weighted by Gasteiger charge is -2.09. The van der Waals surface area contributed by atoms with Gasteiger partial charge < -0.3 is 0 Å². The van der Waals surface area contributed by atoms with E-state index in [1.54, 1.807) is 12.1 Å². The van der Waals surface area contributed by atoms with E-state index < -0.39 is 17.5 Å². The van der Waals surface area contributed by atoms with Crippen molar-refractivity contribution in [3.8, 4) is 22.3 Å². The van der Waals surface area contributed by atoms with Crippen LogP contribution in [0.3, 0.4) is 0 Å². The van der Waals surface area contributed by atoms with Gasteiger partial charge in [-0.15, -0.1) is 0 Å². The van der Waals surface area contributed by atoms with Crippen LogP contribution in [0.15, 0.2) is 54.6 Å².